The first-order chi connectivity index (χ1) is 3.93. The van der Waals surface area contributed by atoms with Crippen molar-refractivity contribution in [3.8, 4) is 0 Å². The Balaban J connectivity index is 2.83. The van der Waals surface area contributed by atoms with Crippen LogP contribution in [-0.4, -0.2) is 0 Å². The van der Waals surface area contributed by atoms with Crippen molar-refractivity contribution in [1.29, 1.82) is 0 Å². The summed E-state index contributed by atoms with van der Waals surface area (Å²) in [6.07, 6.45) is 0. The second-order valence-electron chi connectivity index (χ2n) is 1.35. The normalized spacial score (nSPS) is 9.62. The molecule has 1 unspecified atom stereocenters. The molecule has 0 aliphatic carbocycles. The molecular weight excluding hydrogens is 209 g/mol. The summed E-state index contributed by atoms with van der Waals surface area (Å²) in [4.78, 5) is 0. The molecule has 0 aromatic heterocycles. The molecule has 0 heterocycles. The van der Waals surface area contributed by atoms with Crippen molar-refractivity contribution < 1.29 is 17.5 Å². The summed E-state index contributed by atoms with van der Waals surface area (Å²) in [7, 11) is 2.74. The van der Waals surface area contributed by atoms with E-state index in [1.54, 1.807) is 0 Å². The summed E-state index contributed by atoms with van der Waals surface area (Å²) in [5.74, 6) is 0. The van der Waals surface area contributed by atoms with Crippen molar-refractivity contribution in [2.24, 2.45) is 0 Å². The van der Waals surface area contributed by atoms with Gasteiger partial charge in [0.1, 0.15) is 0 Å². The van der Waals surface area contributed by atoms with Crippen LogP contribution < -0.4 is 4.04 Å². The molecule has 0 radical (unpaired) electrons. The standard InChI is InChI=1S/C6H5.H2P.Pd/c1-2-4-6-5-3-1;;/h1-5H;1H2;/q;-1;+1. The number of rotatable bonds is 1. The predicted molar refractivity (Wildman–Crippen MR) is 35.8 cm³/mol. The Morgan fingerprint density at radius 3 is 2.12 bits per heavy atom. The molecule has 1 aromatic carbocycles. The first-order valence-electron chi connectivity index (χ1n) is 2.25. The Morgan fingerprint density at radius 1 is 1.12 bits per heavy atom. The van der Waals surface area contributed by atoms with Gasteiger partial charge in [0.25, 0.3) is 0 Å². The average molecular weight is 217 g/mol. The molecule has 0 saturated heterocycles. The van der Waals surface area contributed by atoms with Gasteiger partial charge >= 0.3 is 59.3 Å². The molecule has 8 heavy (non-hydrogen) atoms. The first-order valence-corrected chi connectivity index (χ1v) is 6.09. The van der Waals surface area contributed by atoms with Gasteiger partial charge in [-0.2, -0.15) is 0 Å². The molecule has 0 amide bonds. The van der Waals surface area contributed by atoms with Crippen LogP contribution >= 0.6 is 7.43 Å². The van der Waals surface area contributed by atoms with Crippen molar-refractivity contribution in [2.45, 2.75) is 0 Å². The fraction of sp³-hybridized carbons (Fsp3) is 0. The molecule has 0 spiro atoms. The van der Waals surface area contributed by atoms with Gasteiger partial charge in [0.2, 0.25) is 0 Å². The molecule has 0 aliphatic heterocycles. The van der Waals surface area contributed by atoms with Gasteiger partial charge in [-0.05, 0) is 0 Å². The van der Waals surface area contributed by atoms with Gasteiger partial charge in [0, 0.05) is 0 Å². The third-order valence-corrected chi connectivity index (χ3v) is 3.10. The van der Waals surface area contributed by atoms with E-state index >= 15 is 0 Å². The Bertz CT molecular complexity index is 150. The minimum atomic E-state index is 0.679. The molecule has 1 rings (SSSR count). The van der Waals surface area contributed by atoms with Crippen LogP contribution in [0.4, 0.5) is 0 Å². The van der Waals surface area contributed by atoms with Crippen LogP contribution in [0.2, 0.25) is 0 Å². The molecular formula is C6H7PPd. The number of hydrogen-bond acceptors (Lipinski definition) is 0. The SMILES string of the molecule is [PH2][Pd][c]1ccccc1. The predicted octanol–water partition coefficient (Wildman–Crippen LogP) is 1.18. The summed E-state index contributed by atoms with van der Waals surface area (Å²) in [5.41, 5.74) is 0. The van der Waals surface area contributed by atoms with E-state index in [-0.39, 0.29) is 0 Å². The maximum absolute atomic E-state index is 2.74. The van der Waals surface area contributed by atoms with Gasteiger partial charge in [-0.3, -0.25) is 0 Å². The molecule has 0 aliphatic rings. The molecule has 1 aromatic rings. The van der Waals surface area contributed by atoms with Gasteiger partial charge in [0.15, 0.2) is 0 Å². The molecule has 1 atom stereocenters. The van der Waals surface area contributed by atoms with Crippen molar-refractivity contribution in [2.75, 3.05) is 0 Å². The topological polar surface area (TPSA) is 0 Å². The molecule has 0 N–H and O–H groups in total. The van der Waals surface area contributed by atoms with Gasteiger partial charge < -0.3 is 0 Å². The van der Waals surface area contributed by atoms with Crippen LogP contribution in [0.5, 0.6) is 0 Å². The molecule has 0 nitrogen and oxygen atoms in total. The van der Waals surface area contributed by atoms with E-state index in [9.17, 15) is 0 Å². The van der Waals surface area contributed by atoms with Crippen LogP contribution in [0, 0.1) is 0 Å². The number of hydrogen-bond donors (Lipinski definition) is 0. The fourth-order valence-electron chi connectivity index (χ4n) is 0.464. The fourth-order valence-corrected chi connectivity index (χ4v) is 1.78. The maximum atomic E-state index is 2.74. The van der Waals surface area contributed by atoms with Crippen LogP contribution in [0.15, 0.2) is 30.3 Å². The van der Waals surface area contributed by atoms with E-state index < -0.39 is 0 Å². The minimum absolute atomic E-state index is 0.679. The monoisotopic (exact) mass is 216 g/mol. The Morgan fingerprint density at radius 2 is 1.75 bits per heavy atom. The van der Waals surface area contributed by atoms with Crippen molar-refractivity contribution in [3.63, 3.8) is 0 Å². The van der Waals surface area contributed by atoms with Crippen LogP contribution in [0.25, 0.3) is 0 Å². The molecule has 2 heteroatoms. The van der Waals surface area contributed by atoms with E-state index in [0.717, 1.165) is 0 Å². The second kappa shape index (κ2) is 3.36. The van der Waals surface area contributed by atoms with E-state index in [1.807, 2.05) is 6.07 Å². The van der Waals surface area contributed by atoms with E-state index in [4.69, 9.17) is 0 Å². The quantitative estimate of drug-likeness (QED) is 0.489. The third-order valence-electron chi connectivity index (χ3n) is 0.818. The zero-order valence-electron chi connectivity index (χ0n) is 4.28. The van der Waals surface area contributed by atoms with Crippen molar-refractivity contribution >= 4 is 11.5 Å². The zero-order chi connectivity index (χ0) is 5.82. The Kier molecular flexibility index (Phi) is 2.70. The Hall–Kier alpha value is 0.312. The first kappa shape index (κ1) is 6.43. The van der Waals surface area contributed by atoms with Crippen molar-refractivity contribution in [3.05, 3.63) is 30.3 Å². The average Bonchev–Trinajstić information content (AvgIpc) is 1.90. The van der Waals surface area contributed by atoms with E-state index in [1.165, 1.54) is 4.04 Å². The van der Waals surface area contributed by atoms with Crippen LogP contribution in [-0.2, 0) is 17.5 Å². The second-order valence-corrected chi connectivity index (χ2v) is 3.78. The third kappa shape index (κ3) is 1.68. The Labute approximate surface area is 59.5 Å². The van der Waals surface area contributed by atoms with Crippen LogP contribution in [0.3, 0.4) is 0 Å². The number of benzene rings is 1. The molecule has 0 bridgehead atoms. The van der Waals surface area contributed by atoms with Crippen LogP contribution in [0.1, 0.15) is 0 Å². The summed E-state index contributed by atoms with van der Waals surface area (Å²) in [6, 6.07) is 10.5. The summed E-state index contributed by atoms with van der Waals surface area (Å²) in [5, 5.41) is 0. The summed E-state index contributed by atoms with van der Waals surface area (Å²) < 4.78 is 1.42. The van der Waals surface area contributed by atoms with E-state index in [2.05, 4.69) is 31.7 Å². The summed E-state index contributed by atoms with van der Waals surface area (Å²) >= 11 is 0.679. The van der Waals surface area contributed by atoms with E-state index in [0.29, 0.717) is 17.5 Å². The van der Waals surface area contributed by atoms with Gasteiger partial charge in [-0.1, -0.05) is 0 Å². The van der Waals surface area contributed by atoms with Gasteiger partial charge in [-0.15, -0.1) is 0 Å². The molecule has 0 fully saturated rings. The molecule has 0 saturated carbocycles. The molecule has 46 valence electrons. The zero-order valence-corrected chi connectivity index (χ0v) is 6.99. The van der Waals surface area contributed by atoms with Gasteiger partial charge in [0.05, 0.1) is 0 Å². The van der Waals surface area contributed by atoms with Gasteiger partial charge in [-0.25, -0.2) is 0 Å². The summed E-state index contributed by atoms with van der Waals surface area (Å²) in [6.45, 7) is 0. The van der Waals surface area contributed by atoms with Crippen molar-refractivity contribution in [1.82, 2.24) is 0 Å².